The smallest absolute Gasteiger partial charge is 0.241 e. The van der Waals surface area contributed by atoms with Gasteiger partial charge in [0.2, 0.25) is 5.91 Å². The zero-order chi connectivity index (χ0) is 21.1. The van der Waals surface area contributed by atoms with Gasteiger partial charge in [-0.05, 0) is 37.5 Å². The SMILES string of the molecule is CCOC1CC(N)(C(=O)NC(C)c2ccc(OCC(C)C)c(OC)c2)C1(C)C.Cl. The van der Waals surface area contributed by atoms with Crippen molar-refractivity contribution in [3.05, 3.63) is 23.8 Å². The van der Waals surface area contributed by atoms with Crippen molar-refractivity contribution in [1.29, 1.82) is 0 Å². The van der Waals surface area contributed by atoms with Gasteiger partial charge in [0.1, 0.15) is 5.54 Å². The zero-order valence-corrected chi connectivity index (χ0v) is 19.5. The van der Waals surface area contributed by atoms with Gasteiger partial charge in [-0.2, -0.15) is 0 Å². The van der Waals surface area contributed by atoms with Crippen LogP contribution >= 0.6 is 12.4 Å². The van der Waals surface area contributed by atoms with Crippen molar-refractivity contribution >= 4 is 18.3 Å². The molecule has 6 nitrogen and oxygen atoms in total. The molecule has 1 aliphatic carbocycles. The van der Waals surface area contributed by atoms with Gasteiger partial charge >= 0.3 is 0 Å². The van der Waals surface area contributed by atoms with Crippen LogP contribution in [0.1, 0.15) is 59.6 Å². The molecular weight excluding hydrogens is 392 g/mol. The van der Waals surface area contributed by atoms with Crippen LogP contribution in [0, 0.1) is 11.3 Å². The van der Waals surface area contributed by atoms with E-state index in [9.17, 15) is 4.79 Å². The Hall–Kier alpha value is -1.50. The number of nitrogens with one attached hydrogen (secondary N) is 1. The first-order valence-electron chi connectivity index (χ1n) is 10.1. The second kappa shape index (κ2) is 10.0. The van der Waals surface area contributed by atoms with Gasteiger partial charge in [0.05, 0.1) is 25.9 Å². The molecule has 1 aromatic carbocycles. The Morgan fingerprint density at radius 2 is 1.93 bits per heavy atom. The first-order valence-corrected chi connectivity index (χ1v) is 10.1. The highest BCUT2D eigenvalue weighted by atomic mass is 35.5. The van der Waals surface area contributed by atoms with E-state index in [4.69, 9.17) is 19.9 Å². The largest absolute Gasteiger partial charge is 0.493 e. The molecule has 0 heterocycles. The Balaban J connectivity index is 0.00000420. The molecule has 0 radical (unpaired) electrons. The average molecular weight is 429 g/mol. The molecule has 1 amide bonds. The van der Waals surface area contributed by atoms with Gasteiger partial charge in [0.25, 0.3) is 0 Å². The molecule has 1 aromatic rings. The summed E-state index contributed by atoms with van der Waals surface area (Å²) in [5.41, 5.74) is 6.06. The van der Waals surface area contributed by atoms with Gasteiger partial charge in [0.15, 0.2) is 11.5 Å². The van der Waals surface area contributed by atoms with Crippen LogP contribution in [-0.4, -0.2) is 37.9 Å². The number of halogens is 1. The normalized spacial score (nSPS) is 23.6. The fraction of sp³-hybridized carbons (Fsp3) is 0.682. The summed E-state index contributed by atoms with van der Waals surface area (Å²) in [6.07, 6.45) is 0.526. The molecule has 1 fully saturated rings. The van der Waals surface area contributed by atoms with E-state index in [1.165, 1.54) is 0 Å². The number of amides is 1. The van der Waals surface area contributed by atoms with Crippen LogP contribution in [0.25, 0.3) is 0 Å². The van der Waals surface area contributed by atoms with Crippen molar-refractivity contribution in [2.75, 3.05) is 20.3 Å². The van der Waals surface area contributed by atoms with Gasteiger partial charge < -0.3 is 25.3 Å². The van der Waals surface area contributed by atoms with Crippen molar-refractivity contribution in [1.82, 2.24) is 5.32 Å². The fourth-order valence-electron chi connectivity index (χ4n) is 3.56. The summed E-state index contributed by atoms with van der Waals surface area (Å²) in [4.78, 5) is 12.9. The lowest BCUT2D eigenvalue weighted by Gasteiger charge is -2.57. The van der Waals surface area contributed by atoms with E-state index < -0.39 is 11.0 Å². The van der Waals surface area contributed by atoms with Gasteiger partial charge in [-0.3, -0.25) is 4.79 Å². The van der Waals surface area contributed by atoms with Crippen LogP contribution < -0.4 is 20.5 Å². The first-order chi connectivity index (χ1) is 13.1. The minimum Gasteiger partial charge on any atom is -0.493 e. The average Bonchev–Trinajstić information content (AvgIpc) is 2.65. The lowest BCUT2D eigenvalue weighted by atomic mass is 9.54. The molecule has 0 bridgehead atoms. The number of carbonyl (C=O) groups is 1. The summed E-state index contributed by atoms with van der Waals surface area (Å²) in [6.45, 7) is 13.3. The van der Waals surface area contributed by atoms with E-state index in [1.807, 2.05) is 45.9 Å². The molecule has 0 aliphatic heterocycles. The Kier molecular flexibility index (Phi) is 8.81. The highest BCUT2D eigenvalue weighted by molar-refractivity contribution is 5.89. The van der Waals surface area contributed by atoms with E-state index >= 15 is 0 Å². The Bertz CT molecular complexity index is 695. The third kappa shape index (κ3) is 5.16. The topological polar surface area (TPSA) is 82.8 Å². The molecular formula is C22H37ClN2O4. The Morgan fingerprint density at radius 1 is 1.28 bits per heavy atom. The molecule has 1 aliphatic rings. The summed E-state index contributed by atoms with van der Waals surface area (Å²) in [7, 11) is 1.62. The fourth-order valence-corrected chi connectivity index (χ4v) is 3.56. The number of ether oxygens (including phenoxy) is 3. The van der Waals surface area contributed by atoms with E-state index in [0.29, 0.717) is 37.1 Å². The Labute approximate surface area is 181 Å². The van der Waals surface area contributed by atoms with E-state index in [-0.39, 0.29) is 30.5 Å². The van der Waals surface area contributed by atoms with Gasteiger partial charge in [-0.1, -0.05) is 33.8 Å². The second-order valence-electron chi connectivity index (χ2n) is 8.65. The number of rotatable bonds is 9. The minimum absolute atomic E-state index is 0. The number of nitrogens with two attached hydrogens (primary N) is 1. The summed E-state index contributed by atoms with van der Waals surface area (Å²) >= 11 is 0. The number of benzene rings is 1. The zero-order valence-electron chi connectivity index (χ0n) is 18.7. The number of methoxy groups -OCH3 is 1. The maximum absolute atomic E-state index is 12.9. The van der Waals surface area contributed by atoms with Crippen molar-refractivity contribution in [3.63, 3.8) is 0 Å². The minimum atomic E-state index is -0.939. The standard InChI is InChI=1S/C22H36N2O4.ClH/c1-8-27-19-12-22(23,21(19,5)6)20(25)24-15(4)16-9-10-17(18(11-16)26-7)28-13-14(2)3;/h9-11,14-15,19H,8,12-13,23H2,1-7H3,(H,24,25);1H. The second-order valence-corrected chi connectivity index (χ2v) is 8.65. The van der Waals surface area contributed by atoms with Crippen LogP contribution in [0.15, 0.2) is 18.2 Å². The maximum Gasteiger partial charge on any atom is 0.241 e. The molecule has 3 atom stereocenters. The summed E-state index contributed by atoms with van der Waals surface area (Å²) in [5, 5.41) is 3.06. The van der Waals surface area contributed by atoms with E-state index in [0.717, 1.165) is 5.56 Å². The van der Waals surface area contributed by atoms with Crippen LogP contribution in [0.2, 0.25) is 0 Å². The third-order valence-corrected chi connectivity index (χ3v) is 5.84. The molecule has 166 valence electrons. The summed E-state index contributed by atoms with van der Waals surface area (Å²) in [6, 6.07) is 5.53. The quantitative estimate of drug-likeness (QED) is 0.624. The van der Waals surface area contributed by atoms with Crippen LogP contribution in [0.3, 0.4) is 0 Å². The van der Waals surface area contributed by atoms with Crippen LogP contribution in [0.5, 0.6) is 11.5 Å². The van der Waals surface area contributed by atoms with Crippen molar-refractivity contribution < 1.29 is 19.0 Å². The van der Waals surface area contributed by atoms with Crippen LogP contribution in [0.4, 0.5) is 0 Å². The molecule has 3 N–H and O–H groups in total. The van der Waals surface area contributed by atoms with Gasteiger partial charge in [-0.15, -0.1) is 12.4 Å². The summed E-state index contributed by atoms with van der Waals surface area (Å²) in [5.74, 6) is 1.63. The number of carbonyl (C=O) groups excluding carboxylic acids is 1. The van der Waals surface area contributed by atoms with Gasteiger partial charge in [-0.25, -0.2) is 0 Å². The highest BCUT2D eigenvalue weighted by Gasteiger charge is 2.62. The van der Waals surface area contributed by atoms with E-state index in [1.54, 1.807) is 7.11 Å². The lowest BCUT2D eigenvalue weighted by Crippen LogP contribution is -2.75. The maximum atomic E-state index is 12.9. The van der Waals surface area contributed by atoms with Crippen LogP contribution in [-0.2, 0) is 9.53 Å². The molecule has 0 spiro atoms. The predicted octanol–water partition coefficient (Wildman–Crippen LogP) is 3.86. The Morgan fingerprint density at radius 3 is 2.45 bits per heavy atom. The molecule has 1 saturated carbocycles. The molecule has 2 rings (SSSR count). The first kappa shape index (κ1) is 25.5. The van der Waals surface area contributed by atoms with Crippen molar-refractivity contribution in [2.45, 2.75) is 65.6 Å². The number of hydrogen-bond donors (Lipinski definition) is 2. The molecule has 7 heteroatoms. The molecule has 0 aromatic heterocycles. The van der Waals surface area contributed by atoms with E-state index in [2.05, 4.69) is 19.2 Å². The molecule has 3 unspecified atom stereocenters. The van der Waals surface area contributed by atoms with Gasteiger partial charge in [0, 0.05) is 18.4 Å². The monoisotopic (exact) mass is 428 g/mol. The predicted molar refractivity (Wildman–Crippen MR) is 118 cm³/mol. The highest BCUT2D eigenvalue weighted by Crippen LogP contribution is 2.50. The number of hydrogen-bond acceptors (Lipinski definition) is 5. The van der Waals surface area contributed by atoms with Crippen molar-refractivity contribution in [2.24, 2.45) is 17.1 Å². The molecule has 0 saturated heterocycles. The summed E-state index contributed by atoms with van der Waals surface area (Å²) < 4.78 is 17.0. The lowest BCUT2D eigenvalue weighted by molar-refractivity contribution is -0.171. The molecule has 29 heavy (non-hydrogen) atoms. The third-order valence-electron chi connectivity index (χ3n) is 5.84. The van der Waals surface area contributed by atoms with Crippen molar-refractivity contribution in [3.8, 4) is 11.5 Å².